The Morgan fingerprint density at radius 1 is 1.07 bits per heavy atom. The number of carbonyl (C=O) groups excluding carboxylic acids is 2. The Balaban J connectivity index is 2.01. The van der Waals surface area contributed by atoms with Crippen LogP contribution in [0.15, 0.2) is 47.3 Å². The number of hydrogen-bond acceptors (Lipinski definition) is 5. The minimum atomic E-state index is -5.15. The first-order valence-corrected chi connectivity index (χ1v) is 11.4. The Bertz CT molecular complexity index is 1480. The molecule has 0 aliphatic heterocycles. The average Bonchev–Trinajstić information content (AvgIpc) is 3.12. The highest BCUT2D eigenvalue weighted by atomic mass is 35.5. The minimum absolute atomic E-state index is 0.0723. The fraction of sp³-hybridized carbons (Fsp3) is 0.304. The zero-order valence-corrected chi connectivity index (χ0v) is 20.9. The number of carbonyl (C=O) groups is 2. The van der Waals surface area contributed by atoms with Gasteiger partial charge in [-0.25, -0.2) is 13.9 Å². The van der Waals surface area contributed by atoms with Gasteiger partial charge in [0.15, 0.2) is 11.9 Å². The summed E-state index contributed by atoms with van der Waals surface area (Å²) in [6, 6.07) is 7.23. The third-order valence-corrected chi connectivity index (χ3v) is 6.03. The van der Waals surface area contributed by atoms with Gasteiger partial charge in [0.25, 0.3) is 0 Å². The summed E-state index contributed by atoms with van der Waals surface area (Å²) in [7, 11) is 0. The number of aliphatic hydroxyl groups excluding tert-OH is 1. The lowest BCUT2D eigenvalue weighted by molar-refractivity contribution is -0.207. The standard InChI is InChI=1S/C23H19ClF7N5O4/c1-21(19(32)39,13-3-2-4-14(17(13)25)22(26,27)28)33-16(38)10-36-20(40)35(9-15(37)23(29,30)31)18(34-36)11-5-7-12(24)8-6-11/h2-8,15,37H,9-10H2,1H3,(H2,32,39)(H,33,38). The predicted octanol–water partition coefficient (Wildman–Crippen LogP) is 2.96. The topological polar surface area (TPSA) is 132 Å². The molecule has 3 aromatic rings. The van der Waals surface area contributed by atoms with Crippen LogP contribution in [0.25, 0.3) is 11.4 Å². The molecule has 0 spiro atoms. The SMILES string of the molecule is CC(NC(=O)Cn1nc(-c2ccc(Cl)cc2)n(CC(O)C(F)(F)F)c1=O)(C(N)=O)c1cccc(C(F)(F)F)c1F. The second-order valence-corrected chi connectivity index (χ2v) is 9.08. The molecule has 0 aliphatic rings. The number of nitrogens with one attached hydrogen (secondary N) is 1. The van der Waals surface area contributed by atoms with E-state index in [-0.39, 0.29) is 10.6 Å². The summed E-state index contributed by atoms with van der Waals surface area (Å²) in [5, 5.41) is 15.6. The van der Waals surface area contributed by atoms with Gasteiger partial charge >= 0.3 is 18.0 Å². The minimum Gasteiger partial charge on any atom is -0.382 e. The molecule has 0 saturated heterocycles. The maximum atomic E-state index is 14.8. The molecule has 9 nitrogen and oxygen atoms in total. The van der Waals surface area contributed by atoms with Crippen molar-refractivity contribution in [3.8, 4) is 11.4 Å². The smallest absolute Gasteiger partial charge is 0.382 e. The lowest BCUT2D eigenvalue weighted by Crippen LogP contribution is -2.54. The molecule has 1 heterocycles. The van der Waals surface area contributed by atoms with Crippen LogP contribution in [0.1, 0.15) is 18.1 Å². The predicted molar refractivity (Wildman–Crippen MR) is 125 cm³/mol. The molecule has 0 aliphatic carbocycles. The number of aromatic nitrogens is 3. The number of halogens is 8. The normalized spacial score (nSPS) is 14.4. The van der Waals surface area contributed by atoms with Gasteiger partial charge in [0.2, 0.25) is 11.8 Å². The maximum absolute atomic E-state index is 14.8. The zero-order valence-electron chi connectivity index (χ0n) is 20.1. The number of alkyl halides is 6. The first kappa shape index (κ1) is 30.6. The first-order chi connectivity index (χ1) is 18.4. The van der Waals surface area contributed by atoms with Crippen molar-refractivity contribution in [2.45, 2.75) is 44.0 Å². The maximum Gasteiger partial charge on any atom is 0.419 e. The first-order valence-electron chi connectivity index (χ1n) is 11.0. The average molecular weight is 598 g/mol. The van der Waals surface area contributed by atoms with Gasteiger partial charge in [0.1, 0.15) is 17.9 Å². The summed E-state index contributed by atoms with van der Waals surface area (Å²) in [4.78, 5) is 37.9. The van der Waals surface area contributed by atoms with Gasteiger partial charge in [0.05, 0.1) is 12.1 Å². The van der Waals surface area contributed by atoms with E-state index < -0.39 is 77.4 Å². The number of primary amides is 1. The molecule has 2 amide bonds. The molecule has 0 radical (unpaired) electrons. The van der Waals surface area contributed by atoms with Crippen molar-refractivity contribution in [3.63, 3.8) is 0 Å². The van der Waals surface area contributed by atoms with Crippen LogP contribution >= 0.6 is 11.6 Å². The quantitative estimate of drug-likeness (QED) is 0.344. The summed E-state index contributed by atoms with van der Waals surface area (Å²) in [6.45, 7) is -1.57. The highest BCUT2D eigenvalue weighted by molar-refractivity contribution is 6.30. The zero-order chi connectivity index (χ0) is 30.2. The number of aliphatic hydroxyl groups is 1. The molecular weight excluding hydrogens is 579 g/mol. The molecule has 2 atom stereocenters. The van der Waals surface area contributed by atoms with E-state index in [1.54, 1.807) is 0 Å². The third-order valence-electron chi connectivity index (χ3n) is 5.78. The highest BCUT2D eigenvalue weighted by Crippen LogP contribution is 2.35. The van der Waals surface area contributed by atoms with Gasteiger partial charge in [0, 0.05) is 16.1 Å². The Morgan fingerprint density at radius 2 is 1.65 bits per heavy atom. The molecular formula is C23H19ClF7N5O4. The third kappa shape index (κ3) is 6.28. The Hall–Kier alpha value is -3.92. The molecule has 40 heavy (non-hydrogen) atoms. The van der Waals surface area contributed by atoms with E-state index in [1.165, 1.54) is 24.3 Å². The van der Waals surface area contributed by atoms with E-state index in [4.69, 9.17) is 17.3 Å². The molecule has 216 valence electrons. The lowest BCUT2D eigenvalue weighted by Gasteiger charge is -2.29. The molecule has 3 rings (SSSR count). The van der Waals surface area contributed by atoms with Gasteiger partial charge in [-0.3, -0.25) is 14.2 Å². The summed E-state index contributed by atoms with van der Waals surface area (Å²) < 4.78 is 94.2. The van der Waals surface area contributed by atoms with Gasteiger partial charge in [-0.1, -0.05) is 23.7 Å². The van der Waals surface area contributed by atoms with E-state index in [9.17, 15) is 50.2 Å². The molecule has 1 aromatic heterocycles. The Morgan fingerprint density at radius 3 is 2.17 bits per heavy atom. The molecule has 4 N–H and O–H groups in total. The molecule has 17 heteroatoms. The number of rotatable bonds is 8. The fourth-order valence-electron chi connectivity index (χ4n) is 3.65. The van der Waals surface area contributed by atoms with Gasteiger partial charge in [-0.15, -0.1) is 5.10 Å². The molecule has 0 bridgehead atoms. The van der Waals surface area contributed by atoms with Crippen LogP contribution in [0.5, 0.6) is 0 Å². The second kappa shape index (κ2) is 10.9. The summed E-state index contributed by atoms with van der Waals surface area (Å²) >= 11 is 5.81. The number of amides is 2. The monoisotopic (exact) mass is 597 g/mol. The van der Waals surface area contributed by atoms with E-state index in [1.807, 2.05) is 5.32 Å². The largest absolute Gasteiger partial charge is 0.419 e. The van der Waals surface area contributed by atoms with E-state index in [0.717, 1.165) is 19.1 Å². The van der Waals surface area contributed by atoms with Crippen molar-refractivity contribution in [1.82, 2.24) is 19.7 Å². The molecule has 2 unspecified atom stereocenters. The van der Waals surface area contributed by atoms with E-state index in [2.05, 4.69) is 5.10 Å². The molecule has 2 aromatic carbocycles. The number of hydrogen-bond donors (Lipinski definition) is 3. The van der Waals surface area contributed by atoms with Crippen LogP contribution in [0.4, 0.5) is 30.7 Å². The summed E-state index contributed by atoms with van der Waals surface area (Å²) in [5.74, 6) is -5.04. The van der Waals surface area contributed by atoms with Crippen molar-refractivity contribution >= 4 is 23.4 Å². The molecule has 0 saturated carbocycles. The van der Waals surface area contributed by atoms with Crippen LogP contribution in [0, 0.1) is 5.82 Å². The van der Waals surface area contributed by atoms with Crippen molar-refractivity contribution in [2.24, 2.45) is 5.73 Å². The van der Waals surface area contributed by atoms with Crippen molar-refractivity contribution in [3.05, 3.63) is 74.9 Å². The number of nitrogens with two attached hydrogens (primary N) is 1. The second-order valence-electron chi connectivity index (χ2n) is 8.64. The van der Waals surface area contributed by atoms with Gasteiger partial charge < -0.3 is 16.2 Å². The fourth-order valence-corrected chi connectivity index (χ4v) is 3.78. The van der Waals surface area contributed by atoms with Crippen LogP contribution < -0.4 is 16.7 Å². The number of nitrogens with zero attached hydrogens (tertiary/aromatic N) is 3. The van der Waals surface area contributed by atoms with E-state index in [0.29, 0.717) is 15.3 Å². The Labute approximate surface area is 224 Å². The van der Waals surface area contributed by atoms with Crippen molar-refractivity contribution in [1.29, 1.82) is 0 Å². The Kier molecular flexibility index (Phi) is 8.36. The van der Waals surface area contributed by atoms with Crippen LogP contribution in [-0.2, 0) is 34.4 Å². The van der Waals surface area contributed by atoms with Gasteiger partial charge in [-0.2, -0.15) is 26.3 Å². The van der Waals surface area contributed by atoms with Crippen molar-refractivity contribution < 1.29 is 45.4 Å². The van der Waals surface area contributed by atoms with Crippen LogP contribution in [0.3, 0.4) is 0 Å². The van der Waals surface area contributed by atoms with Crippen LogP contribution in [0.2, 0.25) is 5.02 Å². The highest BCUT2D eigenvalue weighted by Gasteiger charge is 2.43. The van der Waals surface area contributed by atoms with E-state index >= 15 is 0 Å². The van der Waals surface area contributed by atoms with Gasteiger partial charge in [-0.05, 0) is 37.3 Å². The number of benzene rings is 2. The molecule has 0 fully saturated rings. The lowest BCUT2D eigenvalue weighted by atomic mass is 9.89. The summed E-state index contributed by atoms with van der Waals surface area (Å²) in [6.07, 6.45) is -13.3. The summed E-state index contributed by atoms with van der Waals surface area (Å²) in [5.41, 5.74) is -1.17. The van der Waals surface area contributed by atoms with Crippen LogP contribution in [-0.4, -0.2) is 43.5 Å². The van der Waals surface area contributed by atoms with Crippen molar-refractivity contribution in [2.75, 3.05) is 0 Å².